The standard InChI is InChI=1S/C24H33N3O3S/c1-17(2)30-15-14-25-10-12-26(13-11-25)24(29)23-22(19-8-9-27(16-19)18(3)28)20-6-4-5-7-21(20)31-23/h4-7,17,19H,8-16H2,1-3H3/t19-/m1/s1. The van der Waals surface area contributed by atoms with Crippen molar-refractivity contribution in [3.63, 3.8) is 0 Å². The lowest BCUT2D eigenvalue weighted by Gasteiger charge is -2.34. The third-order valence-electron chi connectivity index (χ3n) is 6.39. The fourth-order valence-electron chi connectivity index (χ4n) is 4.65. The normalized spacial score (nSPS) is 20.2. The van der Waals surface area contributed by atoms with Gasteiger partial charge in [0.2, 0.25) is 5.91 Å². The molecule has 2 amide bonds. The molecule has 6 nitrogen and oxygen atoms in total. The molecule has 0 saturated carbocycles. The van der Waals surface area contributed by atoms with Gasteiger partial charge in [0.25, 0.3) is 5.91 Å². The van der Waals surface area contributed by atoms with E-state index >= 15 is 0 Å². The van der Waals surface area contributed by atoms with Crippen LogP contribution in [0.3, 0.4) is 0 Å². The average molecular weight is 444 g/mol. The zero-order chi connectivity index (χ0) is 22.0. The molecule has 0 aliphatic carbocycles. The van der Waals surface area contributed by atoms with E-state index in [0.717, 1.165) is 67.4 Å². The Hall–Kier alpha value is -1.96. The summed E-state index contributed by atoms with van der Waals surface area (Å²) in [5, 5.41) is 1.18. The molecule has 1 atom stereocenters. The Bertz CT molecular complexity index is 933. The molecule has 1 aromatic heterocycles. The summed E-state index contributed by atoms with van der Waals surface area (Å²) in [6, 6.07) is 8.31. The van der Waals surface area contributed by atoms with E-state index in [1.807, 2.05) is 21.9 Å². The molecule has 3 heterocycles. The Morgan fingerprint density at radius 2 is 1.84 bits per heavy atom. The molecular formula is C24H33N3O3S. The third kappa shape index (κ3) is 4.94. The smallest absolute Gasteiger partial charge is 0.264 e. The number of benzene rings is 1. The Balaban J connectivity index is 1.49. The molecule has 2 aliphatic rings. The van der Waals surface area contributed by atoms with E-state index in [1.54, 1.807) is 18.3 Å². The van der Waals surface area contributed by atoms with Crippen LogP contribution >= 0.6 is 11.3 Å². The number of ether oxygens (including phenoxy) is 1. The van der Waals surface area contributed by atoms with Crippen LogP contribution < -0.4 is 0 Å². The number of hydrogen-bond acceptors (Lipinski definition) is 5. The molecule has 7 heteroatoms. The van der Waals surface area contributed by atoms with E-state index in [9.17, 15) is 9.59 Å². The summed E-state index contributed by atoms with van der Waals surface area (Å²) in [5.74, 6) is 0.497. The number of fused-ring (bicyclic) bond motifs is 1. The minimum absolute atomic E-state index is 0.118. The highest BCUT2D eigenvalue weighted by atomic mass is 32.1. The maximum absolute atomic E-state index is 13.6. The lowest BCUT2D eigenvalue weighted by Crippen LogP contribution is -2.49. The first-order valence-electron chi connectivity index (χ1n) is 11.3. The fourth-order valence-corrected chi connectivity index (χ4v) is 5.90. The molecule has 2 fully saturated rings. The van der Waals surface area contributed by atoms with Gasteiger partial charge in [0.05, 0.1) is 17.6 Å². The van der Waals surface area contributed by atoms with Crippen molar-refractivity contribution in [3.8, 4) is 0 Å². The van der Waals surface area contributed by atoms with E-state index in [0.29, 0.717) is 6.54 Å². The highest BCUT2D eigenvalue weighted by molar-refractivity contribution is 7.21. The minimum Gasteiger partial charge on any atom is -0.377 e. The van der Waals surface area contributed by atoms with Crippen LogP contribution in [0.15, 0.2) is 24.3 Å². The molecule has 2 aliphatic heterocycles. The van der Waals surface area contributed by atoms with Crippen LogP contribution in [-0.2, 0) is 9.53 Å². The van der Waals surface area contributed by atoms with Gasteiger partial charge in [0.15, 0.2) is 0 Å². The zero-order valence-corrected chi connectivity index (χ0v) is 19.6. The highest BCUT2D eigenvalue weighted by Crippen LogP contribution is 2.40. The van der Waals surface area contributed by atoms with Gasteiger partial charge in [-0.2, -0.15) is 0 Å². The number of piperazine rings is 1. The number of hydrogen-bond donors (Lipinski definition) is 0. The van der Waals surface area contributed by atoms with Crippen LogP contribution in [0.25, 0.3) is 10.1 Å². The molecule has 31 heavy (non-hydrogen) atoms. The molecule has 4 rings (SSSR count). The van der Waals surface area contributed by atoms with Gasteiger partial charge in [-0.05, 0) is 37.3 Å². The van der Waals surface area contributed by atoms with Gasteiger partial charge in [-0.3, -0.25) is 14.5 Å². The van der Waals surface area contributed by atoms with Crippen molar-refractivity contribution in [1.29, 1.82) is 0 Å². The maximum atomic E-state index is 13.6. The quantitative estimate of drug-likeness (QED) is 0.687. The average Bonchev–Trinajstić information content (AvgIpc) is 3.38. The number of rotatable bonds is 6. The Morgan fingerprint density at radius 3 is 2.52 bits per heavy atom. The zero-order valence-electron chi connectivity index (χ0n) is 18.8. The second kappa shape index (κ2) is 9.67. The van der Waals surface area contributed by atoms with Crippen LogP contribution in [0.1, 0.15) is 48.3 Å². The monoisotopic (exact) mass is 443 g/mol. The number of carbonyl (C=O) groups is 2. The molecule has 2 saturated heterocycles. The highest BCUT2D eigenvalue weighted by Gasteiger charge is 2.33. The van der Waals surface area contributed by atoms with E-state index in [1.165, 1.54) is 5.39 Å². The fraction of sp³-hybridized carbons (Fsp3) is 0.583. The molecule has 0 N–H and O–H groups in total. The molecule has 2 aromatic rings. The summed E-state index contributed by atoms with van der Waals surface area (Å²) in [4.78, 5) is 32.6. The first-order chi connectivity index (χ1) is 14.9. The molecule has 0 spiro atoms. The molecular weight excluding hydrogens is 410 g/mol. The number of carbonyl (C=O) groups excluding carboxylic acids is 2. The molecule has 1 aromatic carbocycles. The molecule has 0 radical (unpaired) electrons. The summed E-state index contributed by atoms with van der Waals surface area (Å²) >= 11 is 1.61. The summed E-state index contributed by atoms with van der Waals surface area (Å²) in [6.07, 6.45) is 1.17. The Morgan fingerprint density at radius 1 is 1.10 bits per heavy atom. The molecule has 0 unspecified atom stereocenters. The number of nitrogens with zero attached hydrogens (tertiary/aromatic N) is 3. The largest absolute Gasteiger partial charge is 0.377 e. The summed E-state index contributed by atoms with van der Waals surface area (Å²) in [7, 11) is 0. The van der Waals surface area contributed by atoms with E-state index in [4.69, 9.17) is 4.74 Å². The SMILES string of the molecule is CC(=O)N1CC[C@@H](c2c(C(=O)N3CCN(CCOC(C)C)CC3)sc3ccccc23)C1. The summed E-state index contributed by atoms with van der Waals surface area (Å²) in [6.45, 7) is 12.1. The first kappa shape index (κ1) is 22.2. The summed E-state index contributed by atoms with van der Waals surface area (Å²) < 4.78 is 6.83. The van der Waals surface area contributed by atoms with Crippen molar-refractivity contribution in [2.24, 2.45) is 0 Å². The van der Waals surface area contributed by atoms with Crippen LogP contribution in [0, 0.1) is 0 Å². The Labute approximate surface area is 188 Å². The minimum atomic E-state index is 0.118. The van der Waals surface area contributed by atoms with Crippen LogP contribution in [0.5, 0.6) is 0 Å². The number of amides is 2. The van der Waals surface area contributed by atoms with Crippen molar-refractivity contribution < 1.29 is 14.3 Å². The van der Waals surface area contributed by atoms with Crippen molar-refractivity contribution in [2.75, 3.05) is 52.4 Å². The first-order valence-corrected chi connectivity index (χ1v) is 12.2. The molecule has 168 valence electrons. The molecule has 0 bridgehead atoms. The number of likely N-dealkylation sites (tertiary alicyclic amines) is 1. The van der Waals surface area contributed by atoms with Gasteiger partial charge in [-0.1, -0.05) is 18.2 Å². The second-order valence-corrected chi connectivity index (χ2v) is 9.90. The predicted molar refractivity (Wildman–Crippen MR) is 125 cm³/mol. The van der Waals surface area contributed by atoms with Gasteiger partial charge in [-0.15, -0.1) is 11.3 Å². The van der Waals surface area contributed by atoms with Gasteiger partial charge >= 0.3 is 0 Å². The van der Waals surface area contributed by atoms with Gasteiger partial charge in [-0.25, -0.2) is 0 Å². The summed E-state index contributed by atoms with van der Waals surface area (Å²) in [5.41, 5.74) is 1.15. The maximum Gasteiger partial charge on any atom is 0.264 e. The predicted octanol–water partition coefficient (Wildman–Crippen LogP) is 3.42. The van der Waals surface area contributed by atoms with Crippen molar-refractivity contribution in [2.45, 2.75) is 39.2 Å². The Kier molecular flexibility index (Phi) is 6.94. The van der Waals surface area contributed by atoms with Crippen molar-refractivity contribution in [1.82, 2.24) is 14.7 Å². The van der Waals surface area contributed by atoms with Crippen molar-refractivity contribution >= 4 is 33.2 Å². The lowest BCUT2D eigenvalue weighted by molar-refractivity contribution is -0.127. The van der Waals surface area contributed by atoms with Gasteiger partial charge in [0.1, 0.15) is 0 Å². The van der Waals surface area contributed by atoms with E-state index in [2.05, 4.69) is 30.9 Å². The van der Waals surface area contributed by atoms with Crippen LogP contribution in [0.4, 0.5) is 0 Å². The van der Waals surface area contributed by atoms with Crippen molar-refractivity contribution in [3.05, 3.63) is 34.7 Å². The van der Waals surface area contributed by atoms with Gasteiger partial charge < -0.3 is 14.5 Å². The second-order valence-electron chi connectivity index (χ2n) is 8.85. The van der Waals surface area contributed by atoms with Gasteiger partial charge in [0, 0.05) is 63.4 Å². The third-order valence-corrected chi connectivity index (χ3v) is 7.56. The van der Waals surface area contributed by atoms with E-state index in [-0.39, 0.29) is 23.8 Å². The topological polar surface area (TPSA) is 53.1 Å². The van der Waals surface area contributed by atoms with E-state index < -0.39 is 0 Å². The van der Waals surface area contributed by atoms with Crippen LogP contribution in [-0.4, -0.2) is 85.0 Å². The number of thiophene rings is 1. The van der Waals surface area contributed by atoms with Crippen LogP contribution in [0.2, 0.25) is 0 Å². The lowest BCUT2D eigenvalue weighted by atomic mass is 9.94.